The second-order valence-corrected chi connectivity index (χ2v) is 8.84. The first-order valence-corrected chi connectivity index (χ1v) is 7.91. The molecule has 19 heavy (non-hydrogen) atoms. The van der Waals surface area contributed by atoms with Gasteiger partial charge in [-0.05, 0) is 18.8 Å². The molecule has 2 aliphatic heterocycles. The highest BCUT2D eigenvalue weighted by molar-refractivity contribution is 6.53. The number of halogens is 2. The van der Waals surface area contributed by atoms with Crippen molar-refractivity contribution in [3.05, 3.63) is 0 Å². The zero-order valence-electron chi connectivity index (χ0n) is 11.7. The second kappa shape index (κ2) is 3.44. The van der Waals surface area contributed by atoms with E-state index in [1.807, 2.05) is 0 Å². The van der Waals surface area contributed by atoms with Gasteiger partial charge in [0.1, 0.15) is 10.4 Å². The molecule has 2 aliphatic carbocycles. The Kier molecular flexibility index (Phi) is 2.38. The number of epoxide rings is 1. The zero-order chi connectivity index (χ0) is 13.7. The second-order valence-electron chi connectivity index (χ2n) is 7.46. The Morgan fingerprint density at radius 1 is 1.11 bits per heavy atom. The third kappa shape index (κ3) is 1.37. The van der Waals surface area contributed by atoms with E-state index in [0.29, 0.717) is 0 Å². The van der Waals surface area contributed by atoms with Gasteiger partial charge in [0.15, 0.2) is 0 Å². The van der Waals surface area contributed by atoms with Crippen LogP contribution in [-0.2, 0) is 9.47 Å². The minimum atomic E-state index is -0.688. The summed E-state index contributed by atoms with van der Waals surface area (Å²) in [7, 11) is 0. The van der Waals surface area contributed by atoms with Crippen LogP contribution in [0.1, 0.15) is 27.2 Å². The number of ether oxygens (including phenoxy) is 2. The van der Waals surface area contributed by atoms with Gasteiger partial charge in [-0.1, -0.05) is 37.0 Å². The van der Waals surface area contributed by atoms with Gasteiger partial charge in [0, 0.05) is 19.0 Å². The summed E-state index contributed by atoms with van der Waals surface area (Å²) < 4.78 is 10.9. The maximum atomic E-state index is 6.77. The standard InChI is InChI=1S/C14H21Cl2NO2/c1-11(2)8-12(3)10(19-12)13(9(11)14(13,15)16)17-4-6-18-7-5-17/h9-10H,4-8H2,1-3H3/t9-,10-,12-,13-/m0/s1. The molecule has 108 valence electrons. The molecule has 0 aromatic heterocycles. The van der Waals surface area contributed by atoms with Crippen molar-refractivity contribution in [3.63, 3.8) is 0 Å². The van der Waals surface area contributed by atoms with E-state index in [0.717, 1.165) is 32.7 Å². The van der Waals surface area contributed by atoms with Gasteiger partial charge >= 0.3 is 0 Å². The average molecular weight is 306 g/mol. The minimum absolute atomic E-state index is 0.0379. The summed E-state index contributed by atoms with van der Waals surface area (Å²) in [5, 5.41) is 0. The average Bonchev–Trinajstić information content (AvgIpc) is 3.11. The molecule has 0 unspecified atom stereocenters. The fourth-order valence-electron chi connectivity index (χ4n) is 5.25. The zero-order valence-corrected chi connectivity index (χ0v) is 13.2. The maximum absolute atomic E-state index is 6.77. The lowest BCUT2D eigenvalue weighted by Crippen LogP contribution is -2.55. The molecule has 4 fully saturated rings. The lowest BCUT2D eigenvalue weighted by Gasteiger charge is -2.41. The van der Waals surface area contributed by atoms with Crippen molar-refractivity contribution in [2.75, 3.05) is 26.3 Å². The first-order valence-electron chi connectivity index (χ1n) is 7.15. The highest BCUT2D eigenvalue weighted by atomic mass is 35.5. The van der Waals surface area contributed by atoms with E-state index < -0.39 is 4.33 Å². The topological polar surface area (TPSA) is 25.0 Å². The van der Waals surface area contributed by atoms with Crippen LogP contribution in [0, 0.1) is 11.3 Å². The summed E-state index contributed by atoms with van der Waals surface area (Å²) in [6.45, 7) is 10.1. The fourth-order valence-corrected chi connectivity index (χ4v) is 6.72. The predicted molar refractivity (Wildman–Crippen MR) is 74.7 cm³/mol. The number of hydrogen-bond acceptors (Lipinski definition) is 3. The molecule has 0 N–H and O–H groups in total. The van der Waals surface area contributed by atoms with Gasteiger partial charge in [0.25, 0.3) is 0 Å². The van der Waals surface area contributed by atoms with Crippen LogP contribution < -0.4 is 0 Å². The van der Waals surface area contributed by atoms with E-state index in [9.17, 15) is 0 Å². The summed E-state index contributed by atoms with van der Waals surface area (Å²) >= 11 is 13.5. The molecule has 0 amide bonds. The number of rotatable bonds is 1. The van der Waals surface area contributed by atoms with Crippen LogP contribution in [0.25, 0.3) is 0 Å². The fraction of sp³-hybridized carbons (Fsp3) is 1.00. The molecule has 0 radical (unpaired) electrons. The van der Waals surface area contributed by atoms with Crippen molar-refractivity contribution in [1.29, 1.82) is 0 Å². The van der Waals surface area contributed by atoms with E-state index in [1.165, 1.54) is 0 Å². The molecule has 3 nitrogen and oxygen atoms in total. The first kappa shape index (κ1) is 13.1. The van der Waals surface area contributed by atoms with Crippen molar-refractivity contribution in [1.82, 2.24) is 4.90 Å². The molecule has 0 spiro atoms. The summed E-state index contributed by atoms with van der Waals surface area (Å²) in [5.41, 5.74) is -0.121. The maximum Gasteiger partial charge on any atom is 0.144 e. The van der Waals surface area contributed by atoms with Gasteiger partial charge < -0.3 is 9.47 Å². The SMILES string of the molecule is CC1(C)C[C@]2(C)O[C@@H]2[C@@]2(N3CCOCC3)[C@H]1C2(Cl)Cl. The first-order chi connectivity index (χ1) is 8.77. The molecule has 4 atom stereocenters. The highest BCUT2D eigenvalue weighted by Crippen LogP contribution is 2.81. The Bertz CT molecular complexity index is 435. The summed E-state index contributed by atoms with van der Waals surface area (Å²) in [6.07, 6.45) is 1.23. The number of nitrogens with zero attached hydrogens (tertiary/aromatic N) is 1. The van der Waals surface area contributed by atoms with Crippen LogP contribution in [0.3, 0.4) is 0 Å². The van der Waals surface area contributed by atoms with Crippen molar-refractivity contribution in [2.24, 2.45) is 11.3 Å². The Balaban J connectivity index is 1.77. The van der Waals surface area contributed by atoms with Crippen LogP contribution >= 0.6 is 23.2 Å². The normalized spacial score (nSPS) is 54.2. The number of alkyl halides is 2. The van der Waals surface area contributed by atoms with Crippen LogP contribution in [0.5, 0.6) is 0 Å². The largest absolute Gasteiger partial charge is 0.379 e. The lowest BCUT2D eigenvalue weighted by atomic mass is 9.70. The highest BCUT2D eigenvalue weighted by Gasteiger charge is 2.93. The Labute approximate surface area is 124 Å². The Morgan fingerprint density at radius 2 is 1.74 bits per heavy atom. The van der Waals surface area contributed by atoms with Crippen LogP contribution in [0.15, 0.2) is 0 Å². The molecule has 4 aliphatic rings. The molecule has 0 bridgehead atoms. The lowest BCUT2D eigenvalue weighted by molar-refractivity contribution is -0.0130. The molecule has 0 aromatic carbocycles. The minimum Gasteiger partial charge on any atom is -0.379 e. The Morgan fingerprint density at radius 3 is 2.37 bits per heavy atom. The van der Waals surface area contributed by atoms with Gasteiger partial charge in [-0.2, -0.15) is 0 Å². The van der Waals surface area contributed by atoms with Gasteiger partial charge in [0.05, 0.1) is 24.4 Å². The van der Waals surface area contributed by atoms with Gasteiger partial charge in [-0.3, -0.25) is 4.90 Å². The van der Waals surface area contributed by atoms with Crippen molar-refractivity contribution in [2.45, 2.75) is 48.8 Å². The molecule has 2 saturated carbocycles. The van der Waals surface area contributed by atoms with E-state index in [4.69, 9.17) is 32.7 Å². The summed E-state index contributed by atoms with van der Waals surface area (Å²) in [5.74, 6) is 0.287. The van der Waals surface area contributed by atoms with Crippen molar-refractivity contribution in [3.8, 4) is 0 Å². The molecule has 0 aromatic rings. The molecular formula is C14H21Cl2NO2. The van der Waals surface area contributed by atoms with E-state index in [-0.39, 0.29) is 28.6 Å². The van der Waals surface area contributed by atoms with Crippen LogP contribution in [-0.4, -0.2) is 52.8 Å². The van der Waals surface area contributed by atoms with Crippen LogP contribution in [0.2, 0.25) is 0 Å². The number of fused-ring (bicyclic) bond motifs is 3. The van der Waals surface area contributed by atoms with Gasteiger partial charge in [-0.25, -0.2) is 0 Å². The van der Waals surface area contributed by atoms with Crippen molar-refractivity contribution < 1.29 is 9.47 Å². The predicted octanol–water partition coefficient (Wildman–Crippen LogP) is 2.45. The third-order valence-corrected chi connectivity index (χ3v) is 6.70. The summed E-state index contributed by atoms with van der Waals surface area (Å²) in [6, 6.07) is 0. The van der Waals surface area contributed by atoms with Gasteiger partial charge in [-0.15, -0.1) is 0 Å². The van der Waals surface area contributed by atoms with E-state index in [2.05, 4.69) is 25.7 Å². The molecule has 2 heterocycles. The molecule has 5 heteroatoms. The van der Waals surface area contributed by atoms with Crippen molar-refractivity contribution >= 4 is 23.2 Å². The number of morpholine rings is 1. The monoisotopic (exact) mass is 305 g/mol. The molecular weight excluding hydrogens is 285 g/mol. The number of hydrogen-bond donors (Lipinski definition) is 0. The smallest absolute Gasteiger partial charge is 0.144 e. The summed E-state index contributed by atoms with van der Waals surface area (Å²) in [4.78, 5) is 2.44. The molecule has 2 saturated heterocycles. The Hall–Kier alpha value is 0.460. The third-order valence-electron chi connectivity index (χ3n) is 5.66. The van der Waals surface area contributed by atoms with Crippen LogP contribution in [0.4, 0.5) is 0 Å². The molecule has 4 rings (SSSR count). The quantitative estimate of drug-likeness (QED) is 0.549. The van der Waals surface area contributed by atoms with E-state index in [1.54, 1.807) is 0 Å². The van der Waals surface area contributed by atoms with Gasteiger partial charge in [0.2, 0.25) is 0 Å². The van der Waals surface area contributed by atoms with E-state index >= 15 is 0 Å².